The Labute approximate surface area is 156 Å². The minimum absolute atomic E-state index is 0.0374. The second-order valence-corrected chi connectivity index (χ2v) is 6.30. The van der Waals surface area contributed by atoms with Gasteiger partial charge in [-0.15, -0.1) is 0 Å². The van der Waals surface area contributed by atoms with Crippen molar-refractivity contribution in [2.75, 3.05) is 16.8 Å². The number of carboxylic acids is 1. The van der Waals surface area contributed by atoms with Gasteiger partial charge in [-0.25, -0.2) is 9.78 Å². The summed E-state index contributed by atoms with van der Waals surface area (Å²) in [6.07, 6.45) is 1.68. The molecule has 27 heavy (non-hydrogen) atoms. The van der Waals surface area contributed by atoms with Crippen LogP contribution in [-0.4, -0.2) is 28.5 Å². The predicted octanol–water partition coefficient (Wildman–Crippen LogP) is 3.41. The molecule has 0 bridgehead atoms. The Morgan fingerprint density at radius 3 is 2.67 bits per heavy atom. The maximum Gasteiger partial charge on any atom is 0.335 e. The zero-order valence-corrected chi connectivity index (χ0v) is 14.4. The molecule has 1 aromatic heterocycles. The van der Waals surface area contributed by atoms with Crippen LogP contribution in [0.3, 0.4) is 0 Å². The van der Waals surface area contributed by atoms with Gasteiger partial charge >= 0.3 is 5.97 Å². The first-order valence-corrected chi connectivity index (χ1v) is 8.54. The number of fused-ring (bicyclic) bond motifs is 1. The van der Waals surface area contributed by atoms with Crippen molar-refractivity contribution in [1.29, 1.82) is 0 Å². The maximum atomic E-state index is 12.5. The summed E-state index contributed by atoms with van der Waals surface area (Å²) >= 11 is 0. The van der Waals surface area contributed by atoms with E-state index >= 15 is 0 Å². The highest BCUT2D eigenvalue weighted by atomic mass is 16.4. The summed E-state index contributed by atoms with van der Waals surface area (Å²) in [6.45, 7) is 0.648. The topological polar surface area (TPSA) is 82.5 Å². The van der Waals surface area contributed by atoms with E-state index in [1.54, 1.807) is 29.3 Å². The summed E-state index contributed by atoms with van der Waals surface area (Å²) in [5.74, 6) is -0.376. The van der Waals surface area contributed by atoms with Crippen molar-refractivity contribution in [1.82, 2.24) is 4.98 Å². The average molecular weight is 359 g/mol. The zero-order valence-electron chi connectivity index (χ0n) is 14.4. The van der Waals surface area contributed by atoms with Crippen LogP contribution < -0.4 is 10.2 Å². The molecule has 0 spiro atoms. The molecule has 134 valence electrons. The molecule has 3 aromatic rings. The van der Waals surface area contributed by atoms with E-state index in [9.17, 15) is 14.7 Å². The van der Waals surface area contributed by atoms with Gasteiger partial charge in [0.05, 0.1) is 24.3 Å². The van der Waals surface area contributed by atoms with Gasteiger partial charge in [0.2, 0.25) is 5.91 Å². The number of pyridine rings is 1. The molecule has 0 unspecified atom stereocenters. The molecule has 2 heterocycles. The lowest BCUT2D eigenvalue weighted by Gasteiger charge is -2.30. The van der Waals surface area contributed by atoms with E-state index in [0.29, 0.717) is 18.1 Å². The van der Waals surface area contributed by atoms with Crippen molar-refractivity contribution in [2.45, 2.75) is 6.54 Å². The zero-order chi connectivity index (χ0) is 18.8. The van der Waals surface area contributed by atoms with E-state index in [1.165, 1.54) is 0 Å². The number of hydrogen-bond donors (Lipinski definition) is 2. The van der Waals surface area contributed by atoms with Crippen LogP contribution in [-0.2, 0) is 11.3 Å². The van der Waals surface area contributed by atoms with Crippen LogP contribution >= 0.6 is 0 Å². The lowest BCUT2D eigenvalue weighted by Crippen LogP contribution is -2.39. The molecular formula is C21H17N3O3. The number of nitrogens with zero attached hydrogens (tertiary/aromatic N) is 2. The average Bonchev–Trinajstić information content (AvgIpc) is 2.70. The fourth-order valence-electron chi connectivity index (χ4n) is 3.11. The lowest BCUT2D eigenvalue weighted by atomic mass is 10.0. The van der Waals surface area contributed by atoms with Gasteiger partial charge in [-0.05, 0) is 29.3 Å². The molecule has 2 aromatic carbocycles. The van der Waals surface area contributed by atoms with Crippen LogP contribution in [0.25, 0.3) is 11.1 Å². The van der Waals surface area contributed by atoms with Gasteiger partial charge in [0, 0.05) is 11.8 Å². The molecule has 0 fully saturated rings. The van der Waals surface area contributed by atoms with E-state index in [4.69, 9.17) is 0 Å². The van der Waals surface area contributed by atoms with Gasteiger partial charge in [-0.3, -0.25) is 4.79 Å². The van der Waals surface area contributed by atoms with Crippen molar-refractivity contribution in [3.05, 3.63) is 78.0 Å². The highest BCUT2D eigenvalue weighted by Gasteiger charge is 2.25. The van der Waals surface area contributed by atoms with E-state index in [1.807, 2.05) is 42.5 Å². The van der Waals surface area contributed by atoms with E-state index in [0.717, 1.165) is 16.7 Å². The van der Waals surface area contributed by atoms with Gasteiger partial charge in [0.1, 0.15) is 0 Å². The molecule has 4 rings (SSSR count). The van der Waals surface area contributed by atoms with E-state index in [-0.39, 0.29) is 18.0 Å². The van der Waals surface area contributed by atoms with Crippen molar-refractivity contribution < 1.29 is 14.7 Å². The minimum atomic E-state index is -0.981. The number of rotatable bonds is 4. The number of aromatic carboxylic acids is 1. The third-order valence-electron chi connectivity index (χ3n) is 4.49. The van der Waals surface area contributed by atoms with Gasteiger partial charge in [0.15, 0.2) is 5.82 Å². The van der Waals surface area contributed by atoms with Gasteiger partial charge < -0.3 is 15.3 Å². The maximum absolute atomic E-state index is 12.5. The minimum Gasteiger partial charge on any atom is -0.478 e. The Hall–Kier alpha value is -3.67. The fourth-order valence-corrected chi connectivity index (χ4v) is 3.11. The SMILES string of the molecule is O=C(O)c1cccc(-c2cnc3c(c2)N(Cc2ccccc2)C(=O)CN3)c1. The predicted molar refractivity (Wildman–Crippen MR) is 103 cm³/mol. The number of benzene rings is 2. The smallest absolute Gasteiger partial charge is 0.335 e. The van der Waals surface area contributed by atoms with Crippen LogP contribution in [0.5, 0.6) is 0 Å². The van der Waals surface area contributed by atoms with Crippen LogP contribution in [0, 0.1) is 0 Å². The molecule has 0 saturated carbocycles. The van der Waals surface area contributed by atoms with Gasteiger partial charge in [0.25, 0.3) is 0 Å². The molecule has 0 radical (unpaired) electrons. The number of hydrogen-bond acceptors (Lipinski definition) is 4. The summed E-state index contributed by atoms with van der Waals surface area (Å²) in [6, 6.07) is 18.3. The molecule has 0 atom stereocenters. The monoisotopic (exact) mass is 359 g/mol. The standard InChI is InChI=1S/C21H17N3O3/c25-19-12-23-20-18(24(19)13-14-5-2-1-3-6-14)10-17(11-22-20)15-7-4-8-16(9-15)21(26)27/h1-11H,12-13H2,(H,22,23)(H,26,27). The highest BCUT2D eigenvalue weighted by Crippen LogP contribution is 2.33. The second kappa shape index (κ2) is 6.92. The van der Waals surface area contributed by atoms with Crippen molar-refractivity contribution in [2.24, 2.45) is 0 Å². The first-order chi connectivity index (χ1) is 13.1. The number of nitrogens with one attached hydrogen (secondary N) is 1. The van der Waals surface area contributed by atoms with Crippen LogP contribution in [0.2, 0.25) is 0 Å². The van der Waals surface area contributed by atoms with E-state index in [2.05, 4.69) is 10.3 Å². The Morgan fingerprint density at radius 1 is 1.07 bits per heavy atom. The number of carbonyl (C=O) groups is 2. The summed E-state index contributed by atoms with van der Waals surface area (Å²) in [5.41, 5.74) is 3.42. The molecule has 6 heteroatoms. The van der Waals surface area contributed by atoms with E-state index < -0.39 is 5.97 Å². The first kappa shape index (κ1) is 16.8. The summed E-state index contributed by atoms with van der Waals surface area (Å²) in [4.78, 5) is 29.9. The molecule has 2 N–H and O–H groups in total. The number of anilines is 2. The summed E-state index contributed by atoms with van der Waals surface area (Å²) < 4.78 is 0. The number of carbonyl (C=O) groups excluding carboxylic acids is 1. The summed E-state index contributed by atoms with van der Waals surface area (Å²) in [7, 11) is 0. The molecule has 1 amide bonds. The molecule has 1 aliphatic heterocycles. The largest absolute Gasteiger partial charge is 0.478 e. The molecule has 1 aliphatic rings. The van der Waals surface area contributed by atoms with Crippen LogP contribution in [0.1, 0.15) is 15.9 Å². The number of carboxylic acid groups (broad SMARTS) is 1. The molecule has 0 saturated heterocycles. The Kier molecular flexibility index (Phi) is 4.30. The fraction of sp³-hybridized carbons (Fsp3) is 0.0952. The number of aromatic nitrogens is 1. The summed E-state index contributed by atoms with van der Waals surface area (Å²) in [5, 5.41) is 12.3. The Morgan fingerprint density at radius 2 is 1.89 bits per heavy atom. The second-order valence-electron chi connectivity index (χ2n) is 6.30. The Balaban J connectivity index is 1.74. The highest BCUT2D eigenvalue weighted by molar-refractivity contribution is 6.02. The van der Waals surface area contributed by atoms with Crippen molar-refractivity contribution in [3.8, 4) is 11.1 Å². The first-order valence-electron chi connectivity index (χ1n) is 8.54. The lowest BCUT2D eigenvalue weighted by molar-refractivity contribution is -0.117. The van der Waals surface area contributed by atoms with Gasteiger partial charge in [-0.2, -0.15) is 0 Å². The molecular weight excluding hydrogens is 342 g/mol. The molecule has 0 aliphatic carbocycles. The normalized spacial score (nSPS) is 13.0. The van der Waals surface area contributed by atoms with Crippen molar-refractivity contribution >= 4 is 23.4 Å². The molecule has 6 nitrogen and oxygen atoms in total. The third-order valence-corrected chi connectivity index (χ3v) is 4.49. The van der Waals surface area contributed by atoms with Gasteiger partial charge in [-0.1, -0.05) is 42.5 Å². The Bertz CT molecular complexity index is 1020. The van der Waals surface area contributed by atoms with Crippen molar-refractivity contribution in [3.63, 3.8) is 0 Å². The van der Waals surface area contributed by atoms with Crippen LogP contribution in [0.15, 0.2) is 66.9 Å². The van der Waals surface area contributed by atoms with Crippen LogP contribution in [0.4, 0.5) is 11.5 Å². The quantitative estimate of drug-likeness (QED) is 0.746. The number of amides is 1. The third kappa shape index (κ3) is 3.37.